The Hall–Kier alpha value is -0.530. The topological polar surface area (TPSA) is 26.0 Å². The van der Waals surface area contributed by atoms with Gasteiger partial charge in [0.05, 0.1) is 0 Å². The number of hydrogen-bond acceptors (Lipinski definition) is 1. The maximum Gasteiger partial charge on any atom is 0.0374 e. The Kier molecular flexibility index (Phi) is 2.26. The van der Waals surface area contributed by atoms with E-state index in [0.29, 0.717) is 29.2 Å². The molecule has 2 fully saturated rings. The lowest BCUT2D eigenvalue weighted by atomic mass is 9.80. The molecule has 1 aromatic carbocycles. The number of hydrogen-bond donors (Lipinski definition) is 1. The summed E-state index contributed by atoms with van der Waals surface area (Å²) < 4.78 is 0. The van der Waals surface area contributed by atoms with E-state index in [1.54, 1.807) is 0 Å². The van der Waals surface area contributed by atoms with Crippen LogP contribution in [-0.2, 0) is 0 Å². The van der Waals surface area contributed by atoms with Gasteiger partial charge in [0.1, 0.15) is 0 Å². The largest absolute Gasteiger partial charge is 0.327 e. The van der Waals surface area contributed by atoms with Crippen LogP contribution in [0.4, 0.5) is 0 Å². The Balaban J connectivity index is 1.94. The molecule has 0 aliphatic heterocycles. The summed E-state index contributed by atoms with van der Waals surface area (Å²) in [6.07, 6.45) is 2.35. The third-order valence-corrected chi connectivity index (χ3v) is 4.67. The second-order valence-electron chi connectivity index (χ2n) is 4.93. The van der Waals surface area contributed by atoms with Crippen molar-refractivity contribution >= 4 is 11.6 Å². The van der Waals surface area contributed by atoms with E-state index < -0.39 is 0 Å². The first kappa shape index (κ1) is 9.68. The SMILES string of the molecule is NC1C2CC(Cl)C(C2)C1c1ccccc1. The Morgan fingerprint density at radius 1 is 1.13 bits per heavy atom. The minimum absolute atomic E-state index is 0.326. The summed E-state index contributed by atoms with van der Waals surface area (Å²) in [5.74, 6) is 1.75. The molecule has 0 saturated heterocycles. The van der Waals surface area contributed by atoms with Crippen LogP contribution in [0.25, 0.3) is 0 Å². The highest BCUT2D eigenvalue weighted by atomic mass is 35.5. The third-order valence-electron chi connectivity index (χ3n) is 4.17. The van der Waals surface area contributed by atoms with Gasteiger partial charge in [-0.3, -0.25) is 0 Å². The number of fused-ring (bicyclic) bond motifs is 2. The zero-order chi connectivity index (χ0) is 10.4. The molecule has 0 heterocycles. The van der Waals surface area contributed by atoms with Crippen LogP contribution in [0.2, 0.25) is 0 Å². The van der Waals surface area contributed by atoms with Gasteiger partial charge in [0.15, 0.2) is 0 Å². The zero-order valence-corrected chi connectivity index (χ0v) is 9.40. The Labute approximate surface area is 95.6 Å². The van der Waals surface area contributed by atoms with Crippen molar-refractivity contribution in [1.82, 2.24) is 0 Å². The first-order chi connectivity index (χ1) is 7.27. The molecule has 5 unspecified atom stereocenters. The van der Waals surface area contributed by atoms with Gasteiger partial charge < -0.3 is 5.73 Å². The van der Waals surface area contributed by atoms with E-state index in [2.05, 4.69) is 30.3 Å². The molecule has 0 spiro atoms. The maximum absolute atomic E-state index is 6.36. The third kappa shape index (κ3) is 1.41. The maximum atomic E-state index is 6.36. The van der Waals surface area contributed by atoms with Gasteiger partial charge in [0.2, 0.25) is 0 Å². The highest BCUT2D eigenvalue weighted by Crippen LogP contribution is 2.53. The van der Waals surface area contributed by atoms with Gasteiger partial charge in [0, 0.05) is 17.3 Å². The molecule has 2 aliphatic carbocycles. The van der Waals surface area contributed by atoms with Gasteiger partial charge in [-0.1, -0.05) is 30.3 Å². The predicted molar refractivity (Wildman–Crippen MR) is 63.0 cm³/mol. The average molecular weight is 222 g/mol. The molecule has 1 aromatic rings. The van der Waals surface area contributed by atoms with Crippen LogP contribution in [0, 0.1) is 11.8 Å². The lowest BCUT2D eigenvalue weighted by Crippen LogP contribution is -2.37. The summed E-state index contributed by atoms with van der Waals surface area (Å²) in [5.41, 5.74) is 7.68. The fourth-order valence-corrected chi connectivity index (χ4v) is 3.96. The summed E-state index contributed by atoms with van der Waals surface area (Å²) in [6, 6.07) is 10.9. The van der Waals surface area contributed by atoms with E-state index in [9.17, 15) is 0 Å². The van der Waals surface area contributed by atoms with Gasteiger partial charge in [-0.15, -0.1) is 11.6 Å². The van der Waals surface area contributed by atoms with Crippen molar-refractivity contribution < 1.29 is 0 Å². The van der Waals surface area contributed by atoms with Crippen molar-refractivity contribution in [2.75, 3.05) is 0 Å². The summed E-state index contributed by atoms with van der Waals surface area (Å²) >= 11 is 6.36. The number of halogens is 1. The molecular formula is C13H16ClN. The Morgan fingerprint density at radius 3 is 2.53 bits per heavy atom. The van der Waals surface area contributed by atoms with E-state index >= 15 is 0 Å². The molecule has 0 radical (unpaired) electrons. The first-order valence-corrected chi connectivity index (χ1v) is 6.15. The summed E-state index contributed by atoms with van der Waals surface area (Å²) in [7, 11) is 0. The van der Waals surface area contributed by atoms with Gasteiger partial charge in [-0.05, 0) is 30.2 Å². The molecule has 2 aliphatic rings. The number of nitrogens with two attached hydrogens (primary N) is 1. The van der Waals surface area contributed by atoms with E-state index in [1.807, 2.05) is 0 Å². The molecule has 3 rings (SSSR count). The molecule has 0 aromatic heterocycles. The van der Waals surface area contributed by atoms with Crippen LogP contribution in [0.15, 0.2) is 30.3 Å². The van der Waals surface area contributed by atoms with Crippen LogP contribution in [0.5, 0.6) is 0 Å². The molecule has 80 valence electrons. The number of benzene rings is 1. The molecule has 0 amide bonds. The highest BCUT2D eigenvalue weighted by molar-refractivity contribution is 6.21. The van der Waals surface area contributed by atoms with E-state index in [0.717, 1.165) is 6.42 Å². The van der Waals surface area contributed by atoms with Crippen molar-refractivity contribution in [3.63, 3.8) is 0 Å². The van der Waals surface area contributed by atoms with Gasteiger partial charge in [-0.25, -0.2) is 0 Å². The summed E-state index contributed by atoms with van der Waals surface area (Å²) in [5, 5.41) is 0.347. The van der Waals surface area contributed by atoms with Gasteiger partial charge >= 0.3 is 0 Å². The predicted octanol–water partition coefficient (Wildman–Crippen LogP) is 2.74. The van der Waals surface area contributed by atoms with Crippen molar-refractivity contribution in [1.29, 1.82) is 0 Å². The van der Waals surface area contributed by atoms with Crippen LogP contribution in [0.3, 0.4) is 0 Å². The molecule has 5 atom stereocenters. The van der Waals surface area contributed by atoms with Crippen LogP contribution < -0.4 is 5.73 Å². The number of rotatable bonds is 1. The standard InChI is InChI=1S/C13H16ClN/c14-11-7-9-6-10(11)12(13(9)15)8-4-2-1-3-5-8/h1-5,9-13H,6-7,15H2. The van der Waals surface area contributed by atoms with Crippen molar-refractivity contribution in [3.8, 4) is 0 Å². The molecule has 2 bridgehead atoms. The van der Waals surface area contributed by atoms with E-state index in [4.69, 9.17) is 17.3 Å². The van der Waals surface area contributed by atoms with Crippen LogP contribution >= 0.6 is 11.6 Å². The lowest BCUT2D eigenvalue weighted by Gasteiger charge is -2.31. The lowest BCUT2D eigenvalue weighted by molar-refractivity contribution is 0.371. The second-order valence-corrected chi connectivity index (χ2v) is 5.49. The van der Waals surface area contributed by atoms with Crippen molar-refractivity contribution in [3.05, 3.63) is 35.9 Å². The fraction of sp³-hybridized carbons (Fsp3) is 0.538. The van der Waals surface area contributed by atoms with Crippen molar-refractivity contribution in [2.24, 2.45) is 17.6 Å². The number of alkyl halides is 1. The van der Waals surface area contributed by atoms with Gasteiger partial charge in [-0.2, -0.15) is 0 Å². The fourth-order valence-electron chi connectivity index (χ4n) is 3.47. The normalized spacial score (nSPS) is 43.5. The Morgan fingerprint density at radius 2 is 1.87 bits per heavy atom. The average Bonchev–Trinajstić information content (AvgIpc) is 2.76. The minimum atomic E-state index is 0.326. The molecule has 2 heteroatoms. The summed E-state index contributed by atoms with van der Waals surface area (Å²) in [4.78, 5) is 0. The van der Waals surface area contributed by atoms with Crippen LogP contribution in [0.1, 0.15) is 24.3 Å². The first-order valence-electron chi connectivity index (χ1n) is 5.72. The van der Waals surface area contributed by atoms with Crippen LogP contribution in [-0.4, -0.2) is 11.4 Å². The minimum Gasteiger partial charge on any atom is -0.327 e. The zero-order valence-electron chi connectivity index (χ0n) is 8.64. The smallest absolute Gasteiger partial charge is 0.0374 e. The highest BCUT2D eigenvalue weighted by Gasteiger charge is 2.50. The summed E-state index contributed by atoms with van der Waals surface area (Å²) in [6.45, 7) is 0. The Bertz CT molecular complexity index is 351. The molecular weight excluding hydrogens is 206 g/mol. The van der Waals surface area contributed by atoms with E-state index in [1.165, 1.54) is 12.0 Å². The second kappa shape index (κ2) is 3.50. The molecule has 2 N–H and O–H groups in total. The van der Waals surface area contributed by atoms with Crippen molar-refractivity contribution in [2.45, 2.75) is 30.2 Å². The van der Waals surface area contributed by atoms with E-state index in [-0.39, 0.29) is 0 Å². The monoisotopic (exact) mass is 221 g/mol. The molecule has 15 heavy (non-hydrogen) atoms. The molecule has 2 saturated carbocycles. The quantitative estimate of drug-likeness (QED) is 0.726. The van der Waals surface area contributed by atoms with Gasteiger partial charge in [0.25, 0.3) is 0 Å². The molecule has 1 nitrogen and oxygen atoms in total.